The van der Waals surface area contributed by atoms with Gasteiger partial charge in [0.05, 0.1) is 5.41 Å². The van der Waals surface area contributed by atoms with Gasteiger partial charge in [0, 0.05) is 17.8 Å². The molecule has 2 N–H and O–H groups in total. The van der Waals surface area contributed by atoms with Gasteiger partial charge in [-0.2, -0.15) is 0 Å². The molecule has 0 unspecified atom stereocenters. The molecule has 0 bridgehead atoms. The minimum absolute atomic E-state index is 0.0938. The summed E-state index contributed by atoms with van der Waals surface area (Å²) in [5.74, 6) is -0.710. The fraction of sp³-hybridized carbons (Fsp3) is 0.333. The minimum atomic E-state index is -0.534. The lowest BCUT2D eigenvalue weighted by atomic mass is 9.70. The van der Waals surface area contributed by atoms with Gasteiger partial charge in [0.15, 0.2) is 0 Å². The topological polar surface area (TPSA) is 69.6 Å². The van der Waals surface area contributed by atoms with E-state index in [1.54, 1.807) is 41.6 Å². The van der Waals surface area contributed by atoms with Crippen LogP contribution < -0.4 is 10.4 Å². The summed E-state index contributed by atoms with van der Waals surface area (Å²) in [4.78, 5) is 26.6. The SMILES string of the molecule is Cc1cc(N2CC[C@@]3(CCc4cc(C(=O)NO)ccc4C3)C2=O)ccc1F. The maximum Gasteiger partial charge on any atom is 0.274 e. The summed E-state index contributed by atoms with van der Waals surface area (Å²) in [5.41, 5.74) is 5.02. The quantitative estimate of drug-likeness (QED) is 0.632. The van der Waals surface area contributed by atoms with Crippen molar-refractivity contribution in [2.45, 2.75) is 32.6 Å². The summed E-state index contributed by atoms with van der Waals surface area (Å²) < 4.78 is 13.6. The van der Waals surface area contributed by atoms with Crippen LogP contribution >= 0.6 is 0 Å². The van der Waals surface area contributed by atoms with Gasteiger partial charge in [-0.1, -0.05) is 6.07 Å². The van der Waals surface area contributed by atoms with E-state index in [0.717, 1.165) is 29.7 Å². The van der Waals surface area contributed by atoms with Gasteiger partial charge < -0.3 is 4.90 Å². The Morgan fingerprint density at radius 3 is 2.74 bits per heavy atom. The number of hydrogen-bond acceptors (Lipinski definition) is 3. The number of rotatable bonds is 2. The van der Waals surface area contributed by atoms with E-state index in [2.05, 4.69) is 0 Å². The fourth-order valence-corrected chi connectivity index (χ4v) is 4.32. The van der Waals surface area contributed by atoms with Gasteiger partial charge in [0.1, 0.15) is 5.82 Å². The molecule has 1 spiro atoms. The van der Waals surface area contributed by atoms with E-state index in [1.165, 1.54) is 6.07 Å². The number of hydroxylamine groups is 1. The van der Waals surface area contributed by atoms with Crippen LogP contribution in [0.2, 0.25) is 0 Å². The second-order valence-corrected chi connectivity index (χ2v) is 7.52. The summed E-state index contributed by atoms with van der Waals surface area (Å²) >= 11 is 0. The summed E-state index contributed by atoms with van der Waals surface area (Å²) in [7, 11) is 0. The number of anilines is 1. The van der Waals surface area contributed by atoms with Crippen molar-refractivity contribution < 1.29 is 19.2 Å². The third kappa shape index (κ3) is 2.90. The van der Waals surface area contributed by atoms with Gasteiger partial charge in [0.25, 0.3) is 5.91 Å². The first-order chi connectivity index (χ1) is 12.9. The minimum Gasteiger partial charge on any atom is -0.312 e. The van der Waals surface area contributed by atoms with Crippen molar-refractivity contribution in [3.63, 3.8) is 0 Å². The van der Waals surface area contributed by atoms with Crippen LogP contribution in [0.15, 0.2) is 36.4 Å². The molecule has 2 aromatic rings. The van der Waals surface area contributed by atoms with Crippen molar-refractivity contribution >= 4 is 17.5 Å². The molecule has 1 saturated heterocycles. The zero-order valence-corrected chi connectivity index (χ0v) is 15.1. The molecule has 1 heterocycles. The summed E-state index contributed by atoms with van der Waals surface area (Å²) in [6.07, 6.45) is 2.84. The highest BCUT2D eigenvalue weighted by Gasteiger charge is 2.48. The molecule has 6 heteroatoms. The predicted octanol–water partition coefficient (Wildman–Crippen LogP) is 3.17. The average Bonchev–Trinajstić information content (AvgIpc) is 2.99. The zero-order valence-electron chi connectivity index (χ0n) is 15.1. The van der Waals surface area contributed by atoms with Gasteiger partial charge in [-0.3, -0.25) is 14.8 Å². The van der Waals surface area contributed by atoms with Crippen molar-refractivity contribution in [1.29, 1.82) is 0 Å². The zero-order chi connectivity index (χ0) is 19.2. The van der Waals surface area contributed by atoms with Crippen LogP contribution in [0.5, 0.6) is 0 Å². The lowest BCUT2D eigenvalue weighted by Crippen LogP contribution is -2.38. The molecule has 140 valence electrons. The van der Waals surface area contributed by atoms with E-state index in [4.69, 9.17) is 5.21 Å². The molecule has 27 heavy (non-hydrogen) atoms. The average molecular weight is 368 g/mol. The number of carbonyl (C=O) groups excluding carboxylic acids is 2. The number of fused-ring (bicyclic) bond motifs is 1. The van der Waals surface area contributed by atoms with Crippen molar-refractivity contribution in [3.05, 3.63) is 64.5 Å². The van der Waals surface area contributed by atoms with Crippen LogP contribution in [0.1, 0.15) is 39.9 Å². The highest BCUT2D eigenvalue weighted by Crippen LogP contribution is 2.45. The number of halogens is 1. The molecule has 4 rings (SSSR count). The van der Waals surface area contributed by atoms with Gasteiger partial charge >= 0.3 is 0 Å². The second kappa shape index (κ2) is 6.46. The highest BCUT2D eigenvalue weighted by molar-refractivity contribution is 6.00. The molecular weight excluding hydrogens is 347 g/mol. The molecule has 0 aromatic heterocycles. The largest absolute Gasteiger partial charge is 0.312 e. The molecule has 2 amide bonds. The van der Waals surface area contributed by atoms with Crippen LogP contribution in [0.25, 0.3) is 0 Å². The first-order valence-corrected chi connectivity index (χ1v) is 9.08. The lowest BCUT2D eigenvalue weighted by molar-refractivity contribution is -0.126. The smallest absolute Gasteiger partial charge is 0.274 e. The Bertz CT molecular complexity index is 943. The Labute approximate surface area is 156 Å². The first kappa shape index (κ1) is 17.7. The van der Waals surface area contributed by atoms with E-state index in [0.29, 0.717) is 30.5 Å². The Morgan fingerprint density at radius 1 is 1.19 bits per heavy atom. The fourth-order valence-electron chi connectivity index (χ4n) is 4.32. The Morgan fingerprint density at radius 2 is 2.00 bits per heavy atom. The van der Waals surface area contributed by atoms with Crippen molar-refractivity contribution in [1.82, 2.24) is 5.48 Å². The normalized spacial score (nSPS) is 21.4. The maximum atomic E-state index is 13.6. The van der Waals surface area contributed by atoms with E-state index in [9.17, 15) is 14.0 Å². The third-order valence-electron chi connectivity index (χ3n) is 5.94. The Balaban J connectivity index is 1.60. The molecular formula is C21H21FN2O3. The number of aryl methyl sites for hydroxylation is 2. The predicted molar refractivity (Wildman–Crippen MR) is 98.3 cm³/mol. The monoisotopic (exact) mass is 368 g/mol. The van der Waals surface area contributed by atoms with E-state index >= 15 is 0 Å². The van der Waals surface area contributed by atoms with Crippen LogP contribution in [0.3, 0.4) is 0 Å². The summed E-state index contributed by atoms with van der Waals surface area (Å²) in [6, 6.07) is 10.1. The van der Waals surface area contributed by atoms with E-state index in [1.807, 2.05) is 6.07 Å². The second-order valence-electron chi connectivity index (χ2n) is 7.52. The number of benzene rings is 2. The molecule has 1 aliphatic carbocycles. The van der Waals surface area contributed by atoms with E-state index in [-0.39, 0.29) is 11.7 Å². The van der Waals surface area contributed by atoms with Crippen LogP contribution in [-0.4, -0.2) is 23.6 Å². The number of carbonyl (C=O) groups is 2. The molecule has 2 aromatic carbocycles. The molecule has 1 fully saturated rings. The van der Waals surface area contributed by atoms with Crippen molar-refractivity contribution in [3.8, 4) is 0 Å². The van der Waals surface area contributed by atoms with Gasteiger partial charge in [-0.05, 0) is 79.6 Å². The molecule has 2 aliphatic rings. The summed E-state index contributed by atoms with van der Waals surface area (Å²) in [6.45, 7) is 2.33. The van der Waals surface area contributed by atoms with Crippen molar-refractivity contribution in [2.24, 2.45) is 5.41 Å². The number of amides is 2. The number of nitrogens with zero attached hydrogens (tertiary/aromatic N) is 1. The Kier molecular flexibility index (Phi) is 4.23. The number of nitrogens with one attached hydrogen (secondary N) is 1. The Hall–Kier alpha value is -2.73. The molecule has 0 radical (unpaired) electrons. The standard InChI is InChI=1S/C21H21FN2O3/c1-13-10-17(4-5-18(13)22)24-9-8-21(20(24)26)7-6-14-11-15(19(25)23-27)2-3-16(14)12-21/h2-5,10-11,27H,6-9,12H2,1H3,(H,23,25)/t21-/m1/s1. The molecule has 0 saturated carbocycles. The van der Waals surface area contributed by atoms with Crippen LogP contribution in [0, 0.1) is 18.2 Å². The van der Waals surface area contributed by atoms with E-state index < -0.39 is 11.3 Å². The van der Waals surface area contributed by atoms with Crippen LogP contribution in [-0.2, 0) is 17.6 Å². The number of hydrogen-bond donors (Lipinski definition) is 2. The molecule has 1 atom stereocenters. The summed E-state index contributed by atoms with van der Waals surface area (Å²) in [5, 5.41) is 8.80. The van der Waals surface area contributed by atoms with Crippen molar-refractivity contribution in [2.75, 3.05) is 11.4 Å². The van der Waals surface area contributed by atoms with Gasteiger partial charge in [-0.25, -0.2) is 9.87 Å². The van der Waals surface area contributed by atoms with Crippen LogP contribution in [0.4, 0.5) is 10.1 Å². The first-order valence-electron chi connectivity index (χ1n) is 9.08. The highest BCUT2D eigenvalue weighted by atomic mass is 19.1. The third-order valence-corrected chi connectivity index (χ3v) is 5.94. The molecule has 5 nitrogen and oxygen atoms in total. The maximum absolute atomic E-state index is 13.6. The van der Waals surface area contributed by atoms with Gasteiger partial charge in [0.2, 0.25) is 5.91 Å². The molecule has 1 aliphatic heterocycles. The van der Waals surface area contributed by atoms with Gasteiger partial charge in [-0.15, -0.1) is 0 Å². The lowest BCUT2D eigenvalue weighted by Gasteiger charge is -2.33.